The van der Waals surface area contributed by atoms with Crippen molar-refractivity contribution in [2.75, 3.05) is 13.2 Å². The van der Waals surface area contributed by atoms with E-state index in [0.29, 0.717) is 16.5 Å². The summed E-state index contributed by atoms with van der Waals surface area (Å²) in [6, 6.07) is 8.40. The molecule has 0 unspecified atom stereocenters. The third-order valence-corrected chi connectivity index (χ3v) is 2.99. The highest BCUT2D eigenvalue weighted by molar-refractivity contribution is 6.01. The molecule has 0 fully saturated rings. The van der Waals surface area contributed by atoms with Crippen LogP contribution in [0.3, 0.4) is 0 Å². The summed E-state index contributed by atoms with van der Waals surface area (Å²) < 4.78 is 15.4. The lowest BCUT2D eigenvalue weighted by atomic mass is 10.1. The van der Waals surface area contributed by atoms with Gasteiger partial charge in [-0.3, -0.25) is 9.59 Å². The molecule has 2 aromatic rings. The summed E-state index contributed by atoms with van der Waals surface area (Å²) in [6.07, 6.45) is 0. The van der Waals surface area contributed by atoms with E-state index in [0.717, 1.165) is 0 Å². The van der Waals surface area contributed by atoms with Gasteiger partial charge in [-0.05, 0) is 38.1 Å². The van der Waals surface area contributed by atoms with Gasteiger partial charge >= 0.3 is 11.9 Å². The molecule has 0 aliphatic heterocycles. The first-order valence-corrected chi connectivity index (χ1v) is 6.87. The van der Waals surface area contributed by atoms with Gasteiger partial charge in [-0.2, -0.15) is 5.26 Å². The largest absolute Gasteiger partial charge is 0.465 e. The lowest BCUT2D eigenvalue weighted by Gasteiger charge is -2.11. The number of rotatable bonds is 5. The van der Waals surface area contributed by atoms with Crippen LogP contribution in [-0.4, -0.2) is 25.2 Å². The molecule has 0 spiro atoms. The van der Waals surface area contributed by atoms with E-state index in [-0.39, 0.29) is 19.0 Å². The summed E-state index contributed by atoms with van der Waals surface area (Å²) in [7, 11) is 0. The second-order valence-electron chi connectivity index (χ2n) is 4.45. The number of esters is 2. The molecule has 0 atom stereocenters. The molecule has 1 heterocycles. The van der Waals surface area contributed by atoms with Gasteiger partial charge in [-0.1, -0.05) is 0 Å². The lowest BCUT2D eigenvalue weighted by Crippen LogP contribution is -2.25. The quantitative estimate of drug-likeness (QED) is 0.622. The molecule has 0 amide bonds. The zero-order valence-corrected chi connectivity index (χ0v) is 12.3. The Morgan fingerprint density at radius 2 is 1.82 bits per heavy atom. The highest BCUT2D eigenvalue weighted by atomic mass is 16.6. The minimum absolute atomic E-state index is 0.141. The van der Waals surface area contributed by atoms with Crippen LogP contribution in [0.1, 0.15) is 31.1 Å². The van der Waals surface area contributed by atoms with E-state index >= 15 is 0 Å². The van der Waals surface area contributed by atoms with Crippen molar-refractivity contribution in [3.05, 3.63) is 35.6 Å². The van der Waals surface area contributed by atoms with Crippen molar-refractivity contribution in [1.29, 1.82) is 5.26 Å². The molecule has 2 rings (SSSR count). The van der Waals surface area contributed by atoms with Gasteiger partial charge in [0.1, 0.15) is 11.3 Å². The Labute approximate surface area is 127 Å². The molecule has 1 aromatic heterocycles. The molecule has 1 aromatic carbocycles. The highest BCUT2D eigenvalue weighted by Gasteiger charge is 2.34. The smallest absolute Gasteiger partial charge is 0.328 e. The van der Waals surface area contributed by atoms with E-state index in [1.54, 1.807) is 38.1 Å². The Balaban J connectivity index is 2.44. The molecule has 6 nitrogen and oxygen atoms in total. The number of furan rings is 1. The molecule has 22 heavy (non-hydrogen) atoms. The number of nitriles is 1. The summed E-state index contributed by atoms with van der Waals surface area (Å²) in [5.41, 5.74) is 0.941. The van der Waals surface area contributed by atoms with Crippen molar-refractivity contribution >= 4 is 22.9 Å². The first-order valence-electron chi connectivity index (χ1n) is 6.87. The van der Waals surface area contributed by atoms with Crippen LogP contribution in [0.25, 0.3) is 11.0 Å². The molecule has 114 valence electrons. The maximum absolute atomic E-state index is 12.0. The highest BCUT2D eigenvalue weighted by Crippen LogP contribution is 2.28. The summed E-state index contributed by atoms with van der Waals surface area (Å²) in [5.74, 6) is -2.57. The van der Waals surface area contributed by atoms with E-state index in [9.17, 15) is 9.59 Å². The number of ether oxygens (including phenoxy) is 2. The first kappa shape index (κ1) is 15.6. The minimum Gasteiger partial charge on any atom is -0.465 e. The summed E-state index contributed by atoms with van der Waals surface area (Å²) >= 11 is 0. The zero-order valence-electron chi connectivity index (χ0n) is 12.3. The second kappa shape index (κ2) is 6.76. The molecular weight excluding hydrogens is 286 g/mol. The van der Waals surface area contributed by atoms with Gasteiger partial charge < -0.3 is 13.9 Å². The van der Waals surface area contributed by atoms with Gasteiger partial charge in [-0.15, -0.1) is 0 Å². The standard InChI is InChI=1S/C16H15NO5/c1-3-20-15(18)14(16(19)21-4-2)13-8-11-7-10(9-17)5-6-12(11)22-13/h5-8,14H,3-4H2,1-2H3. The fraction of sp³-hybridized carbons (Fsp3) is 0.312. The Bertz CT molecular complexity index is 723. The number of benzene rings is 1. The summed E-state index contributed by atoms with van der Waals surface area (Å²) in [5, 5.41) is 9.53. The molecule has 0 saturated heterocycles. The van der Waals surface area contributed by atoms with E-state index in [4.69, 9.17) is 19.2 Å². The topological polar surface area (TPSA) is 89.5 Å². The van der Waals surface area contributed by atoms with Crippen LogP contribution >= 0.6 is 0 Å². The van der Waals surface area contributed by atoms with Crippen molar-refractivity contribution in [3.63, 3.8) is 0 Å². The molecule has 0 N–H and O–H groups in total. The Morgan fingerprint density at radius 1 is 1.18 bits per heavy atom. The number of nitrogens with zero attached hydrogens (tertiary/aromatic N) is 1. The molecule has 0 saturated carbocycles. The SMILES string of the molecule is CCOC(=O)C(C(=O)OCC)c1cc2cc(C#N)ccc2o1. The van der Waals surface area contributed by atoms with E-state index in [2.05, 4.69) is 0 Å². The van der Waals surface area contributed by atoms with Crippen LogP contribution in [0.2, 0.25) is 0 Å². The van der Waals surface area contributed by atoms with Crippen LogP contribution in [0.15, 0.2) is 28.7 Å². The average molecular weight is 301 g/mol. The number of carbonyl (C=O) groups is 2. The molecule has 0 aliphatic rings. The molecule has 0 bridgehead atoms. The second-order valence-corrected chi connectivity index (χ2v) is 4.45. The predicted octanol–water partition coefficient (Wildman–Crippen LogP) is 2.51. The van der Waals surface area contributed by atoms with Crippen molar-refractivity contribution in [2.24, 2.45) is 0 Å². The van der Waals surface area contributed by atoms with Gasteiger partial charge in [0.2, 0.25) is 5.92 Å². The summed E-state index contributed by atoms with van der Waals surface area (Å²) in [4.78, 5) is 24.0. The minimum atomic E-state index is -1.27. The van der Waals surface area contributed by atoms with Crippen LogP contribution in [0, 0.1) is 11.3 Å². The van der Waals surface area contributed by atoms with Crippen molar-refractivity contribution in [1.82, 2.24) is 0 Å². The third-order valence-electron chi connectivity index (χ3n) is 2.99. The van der Waals surface area contributed by atoms with Crippen LogP contribution in [-0.2, 0) is 19.1 Å². The fourth-order valence-corrected chi connectivity index (χ4v) is 2.06. The average Bonchev–Trinajstić information content (AvgIpc) is 2.90. The number of carbonyl (C=O) groups excluding carboxylic acids is 2. The summed E-state index contributed by atoms with van der Waals surface area (Å²) in [6.45, 7) is 3.59. The van der Waals surface area contributed by atoms with Crippen molar-refractivity contribution < 1.29 is 23.5 Å². The maximum atomic E-state index is 12.0. The number of hydrogen-bond acceptors (Lipinski definition) is 6. The number of hydrogen-bond donors (Lipinski definition) is 0. The monoisotopic (exact) mass is 301 g/mol. The normalized spacial score (nSPS) is 10.5. The van der Waals surface area contributed by atoms with Crippen molar-refractivity contribution in [3.8, 4) is 6.07 Å². The van der Waals surface area contributed by atoms with Gasteiger partial charge in [0.25, 0.3) is 0 Å². The van der Waals surface area contributed by atoms with Gasteiger partial charge in [0.05, 0.1) is 24.8 Å². The predicted molar refractivity (Wildman–Crippen MR) is 76.9 cm³/mol. The van der Waals surface area contributed by atoms with E-state index in [1.807, 2.05) is 6.07 Å². The third kappa shape index (κ3) is 3.09. The molecule has 0 radical (unpaired) electrons. The molecule has 6 heteroatoms. The zero-order chi connectivity index (χ0) is 16.1. The van der Waals surface area contributed by atoms with Gasteiger partial charge in [-0.25, -0.2) is 0 Å². The van der Waals surface area contributed by atoms with Gasteiger partial charge in [0, 0.05) is 5.39 Å². The Kier molecular flexibility index (Phi) is 4.79. The van der Waals surface area contributed by atoms with E-state index in [1.165, 1.54) is 0 Å². The Morgan fingerprint density at radius 3 is 2.36 bits per heavy atom. The van der Waals surface area contributed by atoms with E-state index < -0.39 is 17.9 Å². The Hall–Kier alpha value is -2.81. The van der Waals surface area contributed by atoms with Crippen LogP contribution < -0.4 is 0 Å². The van der Waals surface area contributed by atoms with Crippen LogP contribution in [0.4, 0.5) is 0 Å². The van der Waals surface area contributed by atoms with Crippen molar-refractivity contribution in [2.45, 2.75) is 19.8 Å². The molecular formula is C16H15NO5. The van der Waals surface area contributed by atoms with Crippen LogP contribution in [0.5, 0.6) is 0 Å². The molecule has 0 aliphatic carbocycles. The fourth-order valence-electron chi connectivity index (χ4n) is 2.06. The number of fused-ring (bicyclic) bond motifs is 1. The maximum Gasteiger partial charge on any atom is 0.328 e. The lowest BCUT2D eigenvalue weighted by molar-refractivity contribution is -0.157. The first-order chi connectivity index (χ1) is 10.6. The van der Waals surface area contributed by atoms with Gasteiger partial charge in [0.15, 0.2) is 0 Å².